The van der Waals surface area contributed by atoms with Gasteiger partial charge in [0.25, 0.3) is 0 Å². The molecule has 0 saturated heterocycles. The van der Waals surface area contributed by atoms with Gasteiger partial charge in [-0.25, -0.2) is 13.1 Å². The van der Waals surface area contributed by atoms with Crippen molar-refractivity contribution in [2.75, 3.05) is 0 Å². The zero-order valence-electron chi connectivity index (χ0n) is 16.4. The summed E-state index contributed by atoms with van der Waals surface area (Å²) >= 11 is 1.63. The van der Waals surface area contributed by atoms with Crippen LogP contribution >= 0.6 is 22.9 Å². The molecule has 0 aromatic rings. The van der Waals surface area contributed by atoms with E-state index in [-0.39, 0.29) is 50.7 Å². The SMILES string of the molecule is CCC(=O)CCC(NC(=O)CCC(NC(=O)CCC(NI)C(=O)O)C(=O)O)C(=O)O. The lowest BCUT2D eigenvalue weighted by Gasteiger charge is -2.17. The van der Waals surface area contributed by atoms with Crippen molar-refractivity contribution in [3.05, 3.63) is 0 Å². The van der Waals surface area contributed by atoms with E-state index in [1.165, 1.54) is 0 Å². The minimum absolute atomic E-state index is 0.00896. The van der Waals surface area contributed by atoms with Crippen LogP contribution in [0.2, 0.25) is 0 Å². The van der Waals surface area contributed by atoms with Crippen molar-refractivity contribution in [2.45, 2.75) is 70.0 Å². The molecule has 0 bridgehead atoms. The first-order valence-corrected chi connectivity index (χ1v) is 10.2. The third-order valence-electron chi connectivity index (χ3n) is 4.12. The molecule has 12 nitrogen and oxygen atoms in total. The van der Waals surface area contributed by atoms with E-state index in [4.69, 9.17) is 10.2 Å². The van der Waals surface area contributed by atoms with Crippen LogP contribution in [-0.2, 0) is 28.8 Å². The van der Waals surface area contributed by atoms with Gasteiger partial charge < -0.3 is 26.0 Å². The molecule has 170 valence electrons. The first-order valence-electron chi connectivity index (χ1n) is 9.16. The van der Waals surface area contributed by atoms with Gasteiger partial charge in [-0.1, -0.05) is 6.92 Å². The number of rotatable bonds is 16. The van der Waals surface area contributed by atoms with E-state index in [9.17, 15) is 33.9 Å². The van der Waals surface area contributed by atoms with Crippen molar-refractivity contribution in [1.29, 1.82) is 0 Å². The molecule has 0 aliphatic heterocycles. The van der Waals surface area contributed by atoms with Crippen LogP contribution in [0.1, 0.15) is 51.9 Å². The van der Waals surface area contributed by atoms with Crippen molar-refractivity contribution in [3.8, 4) is 0 Å². The Balaban J connectivity index is 4.63. The number of carbonyl (C=O) groups excluding carboxylic acids is 3. The molecule has 2 amide bonds. The smallest absolute Gasteiger partial charge is 0.326 e. The van der Waals surface area contributed by atoms with E-state index in [2.05, 4.69) is 14.2 Å². The number of ketones is 1. The van der Waals surface area contributed by atoms with Crippen LogP contribution in [0.15, 0.2) is 0 Å². The van der Waals surface area contributed by atoms with Gasteiger partial charge in [-0.2, -0.15) is 0 Å². The number of aliphatic carboxylic acids is 3. The van der Waals surface area contributed by atoms with Crippen LogP contribution in [0, 0.1) is 0 Å². The highest BCUT2D eigenvalue weighted by Gasteiger charge is 2.25. The van der Waals surface area contributed by atoms with Gasteiger partial charge in [0.1, 0.15) is 23.9 Å². The first-order chi connectivity index (χ1) is 14.0. The molecule has 13 heteroatoms. The number of amides is 2. The Morgan fingerprint density at radius 1 is 0.700 bits per heavy atom. The largest absolute Gasteiger partial charge is 0.480 e. The number of carboxylic acids is 3. The van der Waals surface area contributed by atoms with Crippen molar-refractivity contribution in [1.82, 2.24) is 14.2 Å². The lowest BCUT2D eigenvalue weighted by molar-refractivity contribution is -0.143. The molecule has 0 spiro atoms. The van der Waals surface area contributed by atoms with Crippen LogP contribution in [0.4, 0.5) is 0 Å². The topological polar surface area (TPSA) is 199 Å². The maximum atomic E-state index is 12.0. The zero-order chi connectivity index (χ0) is 23.3. The Hall–Kier alpha value is -2.29. The fraction of sp³-hybridized carbons (Fsp3) is 0.647. The van der Waals surface area contributed by atoms with Gasteiger partial charge in [0.2, 0.25) is 11.8 Å². The van der Waals surface area contributed by atoms with E-state index in [1.807, 2.05) is 0 Å². The molecule has 0 heterocycles. The number of hydrogen-bond acceptors (Lipinski definition) is 7. The zero-order valence-corrected chi connectivity index (χ0v) is 18.5. The lowest BCUT2D eigenvalue weighted by Crippen LogP contribution is -2.44. The average molecular weight is 543 g/mol. The van der Waals surface area contributed by atoms with Gasteiger partial charge in [0, 0.05) is 48.5 Å². The monoisotopic (exact) mass is 543 g/mol. The standard InChI is InChI=1S/C17H26IN3O9/c1-2-9(22)3-4-10(15(25)26)19-13(23)7-5-11(16(27)28)20-14(24)8-6-12(21-18)17(29)30/h10-12,21H,2-8H2,1H3,(H,19,23)(H,20,24)(H,25,26)(H,27,28)(H,29,30). The Morgan fingerprint density at radius 2 is 1.07 bits per heavy atom. The maximum absolute atomic E-state index is 12.0. The number of carbonyl (C=O) groups is 6. The van der Waals surface area contributed by atoms with Crippen LogP contribution < -0.4 is 14.2 Å². The number of carboxylic acid groups (broad SMARTS) is 3. The molecular formula is C17H26IN3O9. The Morgan fingerprint density at radius 3 is 1.40 bits per heavy atom. The van der Waals surface area contributed by atoms with Crippen molar-refractivity contribution in [2.24, 2.45) is 0 Å². The molecule has 6 N–H and O–H groups in total. The maximum Gasteiger partial charge on any atom is 0.326 e. The quantitative estimate of drug-likeness (QED) is 0.112. The van der Waals surface area contributed by atoms with Crippen LogP contribution in [0.5, 0.6) is 0 Å². The molecule has 0 aromatic carbocycles. The summed E-state index contributed by atoms with van der Waals surface area (Å²) in [5.74, 6) is -5.42. The summed E-state index contributed by atoms with van der Waals surface area (Å²) in [5.41, 5.74) is 0. The summed E-state index contributed by atoms with van der Waals surface area (Å²) < 4.78 is 2.47. The van der Waals surface area contributed by atoms with Gasteiger partial charge in [-0.15, -0.1) is 0 Å². The third-order valence-corrected chi connectivity index (χ3v) is 4.87. The van der Waals surface area contributed by atoms with Gasteiger partial charge in [-0.05, 0) is 19.3 Å². The number of Topliss-reactive ketones (excluding diaryl/α,β-unsaturated/α-hetero) is 1. The summed E-state index contributed by atoms with van der Waals surface area (Å²) in [6.07, 6.45) is -0.798. The Labute approximate surface area is 186 Å². The van der Waals surface area contributed by atoms with Gasteiger partial charge >= 0.3 is 17.9 Å². The molecule has 30 heavy (non-hydrogen) atoms. The molecule has 0 aliphatic rings. The van der Waals surface area contributed by atoms with Crippen molar-refractivity contribution >= 4 is 58.4 Å². The normalized spacial score (nSPS) is 13.5. The van der Waals surface area contributed by atoms with E-state index in [1.54, 1.807) is 29.8 Å². The number of halogens is 1. The van der Waals surface area contributed by atoms with Crippen molar-refractivity contribution < 1.29 is 44.1 Å². The second-order valence-corrected chi connectivity index (χ2v) is 7.05. The van der Waals surface area contributed by atoms with Gasteiger partial charge in [0.15, 0.2) is 0 Å². The minimum Gasteiger partial charge on any atom is -0.480 e. The van der Waals surface area contributed by atoms with E-state index < -0.39 is 47.8 Å². The Bertz CT molecular complexity index is 656. The second kappa shape index (κ2) is 14.7. The van der Waals surface area contributed by atoms with Gasteiger partial charge in [0.05, 0.1) is 0 Å². The summed E-state index contributed by atoms with van der Waals surface area (Å²) in [5, 5.41) is 31.7. The average Bonchev–Trinajstić information content (AvgIpc) is 2.67. The molecule has 0 saturated carbocycles. The summed E-state index contributed by atoms with van der Waals surface area (Å²) in [6.45, 7) is 1.64. The van der Waals surface area contributed by atoms with Crippen LogP contribution in [0.3, 0.4) is 0 Å². The molecule has 3 unspecified atom stereocenters. The summed E-state index contributed by atoms with van der Waals surface area (Å²) in [6, 6.07) is -3.65. The van der Waals surface area contributed by atoms with Gasteiger partial charge in [-0.3, -0.25) is 19.2 Å². The van der Waals surface area contributed by atoms with E-state index >= 15 is 0 Å². The highest BCUT2D eigenvalue weighted by molar-refractivity contribution is 14.1. The number of nitrogens with one attached hydrogen (secondary N) is 3. The third kappa shape index (κ3) is 11.6. The predicted molar refractivity (Wildman–Crippen MR) is 111 cm³/mol. The molecule has 0 aromatic heterocycles. The second-order valence-electron chi connectivity index (χ2n) is 6.42. The summed E-state index contributed by atoms with van der Waals surface area (Å²) in [7, 11) is 0. The molecule has 3 atom stereocenters. The summed E-state index contributed by atoms with van der Waals surface area (Å²) in [4.78, 5) is 68.6. The van der Waals surface area contributed by atoms with Crippen LogP contribution in [0.25, 0.3) is 0 Å². The molecule has 0 aliphatic carbocycles. The number of hydrogen-bond donors (Lipinski definition) is 6. The molecular weight excluding hydrogens is 517 g/mol. The minimum atomic E-state index is -1.40. The lowest BCUT2D eigenvalue weighted by atomic mass is 10.1. The predicted octanol–water partition coefficient (Wildman–Crippen LogP) is -0.162. The van der Waals surface area contributed by atoms with E-state index in [0.717, 1.165) is 0 Å². The fourth-order valence-corrected chi connectivity index (χ4v) is 2.88. The first kappa shape index (κ1) is 27.7. The van der Waals surface area contributed by atoms with Crippen molar-refractivity contribution in [3.63, 3.8) is 0 Å². The molecule has 0 fully saturated rings. The van der Waals surface area contributed by atoms with Crippen LogP contribution in [-0.4, -0.2) is 69.0 Å². The molecule has 0 radical (unpaired) electrons. The molecule has 0 rings (SSSR count). The Kier molecular flexibility index (Phi) is 13.5. The highest BCUT2D eigenvalue weighted by Crippen LogP contribution is 2.05. The highest BCUT2D eigenvalue weighted by atomic mass is 127. The van der Waals surface area contributed by atoms with E-state index in [0.29, 0.717) is 0 Å². The fourth-order valence-electron chi connectivity index (χ4n) is 2.31.